The lowest BCUT2D eigenvalue weighted by atomic mass is 9.97. The monoisotopic (exact) mass is 605 g/mol. The van der Waals surface area contributed by atoms with Crippen LogP contribution in [-0.2, 0) is 22.6 Å². The van der Waals surface area contributed by atoms with E-state index in [0.29, 0.717) is 21.8 Å². The predicted molar refractivity (Wildman–Crippen MR) is 144 cm³/mol. The SMILES string of the molecule is Cc1nc(-c2ccc(Cl)cc2)c(-c2cc(-c3cc(F)c(CO)c(S(C)(=O)=O)c3)ccc2-n2ccc(C(F)(F)F)n2)o1. The van der Waals surface area contributed by atoms with Gasteiger partial charge in [0, 0.05) is 41.1 Å². The summed E-state index contributed by atoms with van der Waals surface area (Å²) < 4.78 is 86.8. The molecule has 0 saturated heterocycles. The zero-order valence-electron chi connectivity index (χ0n) is 21.4. The summed E-state index contributed by atoms with van der Waals surface area (Å²) in [4.78, 5) is 4.08. The Balaban J connectivity index is 1.78. The van der Waals surface area contributed by atoms with Crippen molar-refractivity contribution in [2.24, 2.45) is 0 Å². The van der Waals surface area contributed by atoms with Gasteiger partial charge in [0.25, 0.3) is 0 Å². The topological polar surface area (TPSA) is 98.2 Å². The van der Waals surface area contributed by atoms with Gasteiger partial charge in [0.15, 0.2) is 27.2 Å². The van der Waals surface area contributed by atoms with Crippen molar-refractivity contribution < 1.29 is 35.5 Å². The molecule has 2 aromatic heterocycles. The summed E-state index contributed by atoms with van der Waals surface area (Å²) in [7, 11) is -3.93. The highest BCUT2D eigenvalue weighted by Crippen LogP contribution is 2.40. The molecule has 2 heterocycles. The Hall–Kier alpha value is -4.00. The summed E-state index contributed by atoms with van der Waals surface area (Å²) in [5.41, 5.74) is 0.374. The first-order valence-corrected chi connectivity index (χ1v) is 14.2. The fraction of sp³-hybridized carbons (Fsp3) is 0.143. The highest BCUT2D eigenvalue weighted by Gasteiger charge is 2.34. The Bertz CT molecular complexity index is 1880. The van der Waals surface area contributed by atoms with Crippen molar-refractivity contribution in [3.05, 3.63) is 94.8 Å². The maximum atomic E-state index is 14.9. The van der Waals surface area contributed by atoms with Crippen molar-refractivity contribution in [3.63, 3.8) is 0 Å². The lowest BCUT2D eigenvalue weighted by Gasteiger charge is -2.14. The van der Waals surface area contributed by atoms with Gasteiger partial charge in [0.05, 0.1) is 17.2 Å². The Morgan fingerprint density at radius 2 is 1.68 bits per heavy atom. The van der Waals surface area contributed by atoms with E-state index in [0.717, 1.165) is 29.3 Å². The van der Waals surface area contributed by atoms with Crippen LogP contribution >= 0.6 is 11.6 Å². The van der Waals surface area contributed by atoms with Crippen LogP contribution in [0.3, 0.4) is 0 Å². The number of oxazole rings is 1. The molecule has 1 N–H and O–H groups in total. The fourth-order valence-corrected chi connectivity index (χ4v) is 5.46. The molecule has 0 aliphatic heterocycles. The standard InChI is InChI=1S/C28H20ClF4N3O4S/c1-15-34-26(16-3-6-19(29)7-4-16)27(40-15)20-11-17(5-8-23(20)36-10-9-25(35-36)28(31,32)33)18-12-22(30)21(14-37)24(13-18)41(2,38)39/h3-13,37H,14H2,1-2H3. The third-order valence-electron chi connectivity index (χ3n) is 6.26. The fourth-order valence-electron chi connectivity index (χ4n) is 4.38. The summed E-state index contributed by atoms with van der Waals surface area (Å²) >= 11 is 6.04. The largest absolute Gasteiger partial charge is 0.440 e. The van der Waals surface area contributed by atoms with Crippen LogP contribution in [0, 0.1) is 12.7 Å². The van der Waals surface area contributed by atoms with Gasteiger partial charge in [-0.2, -0.15) is 18.3 Å². The molecule has 0 aliphatic rings. The predicted octanol–water partition coefficient (Wildman–Crippen LogP) is 6.88. The van der Waals surface area contributed by atoms with Crippen LogP contribution in [0.4, 0.5) is 17.6 Å². The van der Waals surface area contributed by atoms with E-state index in [4.69, 9.17) is 16.0 Å². The number of hydrogen-bond acceptors (Lipinski definition) is 6. The molecule has 0 aliphatic carbocycles. The van der Waals surface area contributed by atoms with Gasteiger partial charge in [0.2, 0.25) is 0 Å². The maximum Gasteiger partial charge on any atom is 0.435 e. The van der Waals surface area contributed by atoms with E-state index in [1.165, 1.54) is 24.3 Å². The summed E-state index contributed by atoms with van der Waals surface area (Å²) in [6, 6.07) is 14.3. The normalized spacial score (nSPS) is 12.2. The van der Waals surface area contributed by atoms with E-state index in [9.17, 15) is 31.1 Å². The van der Waals surface area contributed by atoms with Crippen molar-refractivity contribution in [1.82, 2.24) is 14.8 Å². The van der Waals surface area contributed by atoms with Gasteiger partial charge < -0.3 is 9.52 Å². The van der Waals surface area contributed by atoms with Gasteiger partial charge in [-0.15, -0.1) is 0 Å². The number of aryl methyl sites for hydroxylation is 1. The van der Waals surface area contributed by atoms with E-state index in [-0.39, 0.29) is 38.9 Å². The van der Waals surface area contributed by atoms with Crippen molar-refractivity contribution in [1.29, 1.82) is 0 Å². The molecule has 212 valence electrons. The Labute approximate surface area is 236 Å². The molecule has 0 unspecified atom stereocenters. The molecule has 0 amide bonds. The average Bonchev–Trinajstić information content (AvgIpc) is 3.55. The van der Waals surface area contributed by atoms with Gasteiger partial charge in [0.1, 0.15) is 11.5 Å². The molecule has 0 bridgehead atoms. The van der Waals surface area contributed by atoms with Crippen molar-refractivity contribution in [2.45, 2.75) is 24.6 Å². The van der Waals surface area contributed by atoms with E-state index >= 15 is 0 Å². The minimum Gasteiger partial charge on any atom is -0.440 e. The van der Waals surface area contributed by atoms with Crippen LogP contribution < -0.4 is 0 Å². The smallest absolute Gasteiger partial charge is 0.435 e. The number of aliphatic hydroxyl groups is 1. The Morgan fingerprint density at radius 3 is 2.29 bits per heavy atom. The Kier molecular flexibility index (Phi) is 7.26. The molecule has 7 nitrogen and oxygen atoms in total. The van der Waals surface area contributed by atoms with Gasteiger partial charge in [-0.1, -0.05) is 29.8 Å². The first-order chi connectivity index (χ1) is 19.3. The quantitative estimate of drug-likeness (QED) is 0.212. The van der Waals surface area contributed by atoms with E-state index in [1.54, 1.807) is 31.2 Å². The maximum absolute atomic E-state index is 14.9. The molecule has 0 spiro atoms. The lowest BCUT2D eigenvalue weighted by molar-refractivity contribution is -0.141. The second-order valence-electron chi connectivity index (χ2n) is 9.16. The number of alkyl halides is 3. The van der Waals surface area contributed by atoms with Crippen LogP contribution in [0.2, 0.25) is 5.02 Å². The first kappa shape index (κ1) is 28.5. The third kappa shape index (κ3) is 5.63. The number of nitrogens with zero attached hydrogens (tertiary/aromatic N) is 3. The number of halogens is 5. The summed E-state index contributed by atoms with van der Waals surface area (Å²) in [5.74, 6) is -0.493. The Morgan fingerprint density at radius 1 is 1.00 bits per heavy atom. The molecule has 41 heavy (non-hydrogen) atoms. The first-order valence-electron chi connectivity index (χ1n) is 11.9. The van der Waals surface area contributed by atoms with Gasteiger partial charge in [-0.05, 0) is 53.6 Å². The van der Waals surface area contributed by atoms with Crippen LogP contribution in [0.15, 0.2) is 76.2 Å². The van der Waals surface area contributed by atoms with E-state index < -0.39 is 34.1 Å². The number of aliphatic hydroxyl groups excluding tert-OH is 1. The van der Waals surface area contributed by atoms with Crippen molar-refractivity contribution in [3.8, 4) is 39.4 Å². The minimum absolute atomic E-state index is 0.147. The molecule has 5 aromatic rings. The third-order valence-corrected chi connectivity index (χ3v) is 7.68. The van der Waals surface area contributed by atoms with Crippen LogP contribution in [-0.4, -0.2) is 34.5 Å². The van der Waals surface area contributed by atoms with Crippen LogP contribution in [0.25, 0.3) is 39.4 Å². The zero-order valence-corrected chi connectivity index (χ0v) is 22.9. The van der Waals surface area contributed by atoms with Crippen LogP contribution in [0.5, 0.6) is 0 Å². The summed E-state index contributed by atoms with van der Waals surface area (Å²) in [6.45, 7) is 0.769. The second kappa shape index (κ2) is 10.4. The van der Waals surface area contributed by atoms with E-state index in [1.807, 2.05) is 0 Å². The molecule has 3 aromatic carbocycles. The number of sulfone groups is 1. The molecule has 0 radical (unpaired) electrons. The van der Waals surface area contributed by atoms with Crippen molar-refractivity contribution in [2.75, 3.05) is 6.26 Å². The summed E-state index contributed by atoms with van der Waals surface area (Å²) in [5, 5.41) is 13.7. The van der Waals surface area contributed by atoms with E-state index in [2.05, 4.69) is 10.1 Å². The number of hydrogen-bond donors (Lipinski definition) is 1. The molecule has 5 rings (SSSR count). The number of rotatable bonds is 6. The molecule has 13 heteroatoms. The average molecular weight is 606 g/mol. The van der Waals surface area contributed by atoms with Gasteiger partial charge in [-0.25, -0.2) is 22.5 Å². The lowest BCUT2D eigenvalue weighted by Crippen LogP contribution is -2.08. The van der Waals surface area contributed by atoms with Crippen LogP contribution in [0.1, 0.15) is 17.1 Å². The minimum atomic E-state index is -4.68. The number of aromatic nitrogens is 3. The molecule has 0 saturated carbocycles. The van der Waals surface area contributed by atoms with Gasteiger partial charge in [-0.3, -0.25) is 0 Å². The molecular formula is C28H20ClF4N3O4S. The molecule has 0 fully saturated rings. The zero-order chi connectivity index (χ0) is 29.7. The van der Waals surface area contributed by atoms with Crippen molar-refractivity contribution >= 4 is 21.4 Å². The summed E-state index contributed by atoms with van der Waals surface area (Å²) in [6.07, 6.45) is -2.65. The second-order valence-corrected chi connectivity index (χ2v) is 11.6. The highest BCUT2D eigenvalue weighted by atomic mass is 35.5. The molecule has 0 atom stereocenters. The van der Waals surface area contributed by atoms with Gasteiger partial charge >= 0.3 is 6.18 Å². The highest BCUT2D eigenvalue weighted by molar-refractivity contribution is 7.90. The molecular weight excluding hydrogens is 586 g/mol. The number of benzene rings is 3.